The van der Waals surface area contributed by atoms with E-state index in [0.717, 1.165) is 29.2 Å². The van der Waals surface area contributed by atoms with Gasteiger partial charge in [-0.3, -0.25) is 0 Å². The van der Waals surface area contributed by atoms with Gasteiger partial charge in [-0.15, -0.1) is 0 Å². The molecule has 0 aliphatic rings. The van der Waals surface area contributed by atoms with Crippen LogP contribution in [-0.2, 0) is 6.18 Å². The third-order valence-corrected chi connectivity index (χ3v) is 2.13. The molecule has 0 atom stereocenters. The quantitative estimate of drug-likeness (QED) is 0.893. The van der Waals surface area contributed by atoms with Gasteiger partial charge in [-0.2, -0.15) is 18.3 Å². The van der Waals surface area contributed by atoms with Crippen LogP contribution in [0.4, 0.5) is 13.2 Å². The third kappa shape index (κ3) is 2.31. The van der Waals surface area contributed by atoms with E-state index in [4.69, 9.17) is 5.11 Å². The minimum atomic E-state index is -4.51. The van der Waals surface area contributed by atoms with Gasteiger partial charge in [0.05, 0.1) is 23.6 Å². The molecule has 0 fully saturated rings. The number of alkyl halides is 3. The average Bonchev–Trinajstić information content (AvgIpc) is 2.77. The van der Waals surface area contributed by atoms with Gasteiger partial charge < -0.3 is 5.11 Å². The van der Waals surface area contributed by atoms with E-state index >= 15 is 0 Å². The van der Waals surface area contributed by atoms with Crippen LogP contribution < -0.4 is 0 Å². The van der Waals surface area contributed by atoms with Crippen LogP contribution in [0.15, 0.2) is 30.7 Å². The summed E-state index contributed by atoms with van der Waals surface area (Å²) in [6.45, 7) is 0. The maximum atomic E-state index is 12.3. The van der Waals surface area contributed by atoms with Crippen molar-refractivity contribution < 1.29 is 23.1 Å². The third-order valence-electron chi connectivity index (χ3n) is 2.13. The first-order valence-corrected chi connectivity index (χ1v) is 4.69. The molecule has 0 aliphatic carbocycles. The van der Waals surface area contributed by atoms with Crippen molar-refractivity contribution in [3.05, 3.63) is 42.0 Å². The van der Waals surface area contributed by atoms with Crippen LogP contribution in [0, 0.1) is 0 Å². The summed E-state index contributed by atoms with van der Waals surface area (Å²) in [4.78, 5) is 13.9. The van der Waals surface area contributed by atoms with Gasteiger partial charge in [-0.1, -0.05) is 0 Å². The minimum absolute atomic E-state index is 0.0603. The van der Waals surface area contributed by atoms with Crippen molar-refractivity contribution in [2.24, 2.45) is 0 Å². The Morgan fingerprint density at radius 1 is 1.28 bits per heavy atom. The van der Waals surface area contributed by atoms with Crippen LogP contribution in [0.5, 0.6) is 0 Å². The first kappa shape index (κ1) is 12.1. The molecule has 0 aromatic carbocycles. The number of rotatable bonds is 2. The Morgan fingerprint density at radius 2 is 2.00 bits per heavy atom. The molecule has 0 bridgehead atoms. The van der Waals surface area contributed by atoms with E-state index in [1.54, 1.807) is 0 Å². The molecule has 18 heavy (non-hydrogen) atoms. The summed E-state index contributed by atoms with van der Waals surface area (Å²) in [6.07, 6.45) is -1.25. The van der Waals surface area contributed by atoms with Crippen molar-refractivity contribution in [1.29, 1.82) is 0 Å². The summed E-state index contributed by atoms with van der Waals surface area (Å²) >= 11 is 0. The van der Waals surface area contributed by atoms with Crippen molar-refractivity contribution in [2.45, 2.75) is 6.18 Å². The fourth-order valence-electron chi connectivity index (χ4n) is 1.26. The van der Waals surface area contributed by atoms with E-state index in [1.165, 1.54) is 6.20 Å². The van der Waals surface area contributed by atoms with Crippen molar-refractivity contribution in [1.82, 2.24) is 14.8 Å². The second-order valence-electron chi connectivity index (χ2n) is 3.38. The van der Waals surface area contributed by atoms with Crippen LogP contribution in [0.25, 0.3) is 5.69 Å². The number of nitrogens with zero attached hydrogens (tertiary/aromatic N) is 3. The normalized spacial score (nSPS) is 11.5. The van der Waals surface area contributed by atoms with E-state index in [2.05, 4.69) is 10.1 Å². The second-order valence-corrected chi connectivity index (χ2v) is 3.38. The van der Waals surface area contributed by atoms with E-state index in [0.29, 0.717) is 0 Å². The predicted octanol–water partition coefficient (Wildman–Crippen LogP) is 1.98. The molecule has 0 saturated carbocycles. The van der Waals surface area contributed by atoms with E-state index in [9.17, 15) is 18.0 Å². The molecule has 2 aromatic rings. The van der Waals surface area contributed by atoms with E-state index in [-0.39, 0.29) is 11.3 Å². The number of aromatic nitrogens is 3. The molecular formula is C10H6F3N3O2. The number of carbonyl (C=O) groups is 1. The second kappa shape index (κ2) is 4.13. The highest BCUT2D eigenvalue weighted by Gasteiger charge is 2.32. The van der Waals surface area contributed by atoms with Crippen LogP contribution in [-0.4, -0.2) is 25.8 Å². The highest BCUT2D eigenvalue weighted by Crippen LogP contribution is 2.27. The standard InChI is InChI=1S/C10H6F3N3O2/c11-10(12,13)8-2-1-7(4-14-8)16-5-6(3-15-16)9(17)18/h1-5H,(H,17,18). The molecule has 2 rings (SSSR count). The Labute approximate surface area is 98.5 Å². The Bertz CT molecular complexity index is 575. The number of aromatic carboxylic acids is 1. The number of carboxylic acid groups (broad SMARTS) is 1. The summed E-state index contributed by atoms with van der Waals surface area (Å²) in [5.74, 6) is -1.17. The molecule has 0 amide bonds. The summed E-state index contributed by atoms with van der Waals surface area (Å²) in [7, 11) is 0. The van der Waals surface area contributed by atoms with Crippen molar-refractivity contribution in [3.63, 3.8) is 0 Å². The fourth-order valence-corrected chi connectivity index (χ4v) is 1.26. The summed E-state index contributed by atoms with van der Waals surface area (Å²) in [5.41, 5.74) is -0.831. The summed E-state index contributed by atoms with van der Waals surface area (Å²) in [6, 6.07) is 1.96. The summed E-state index contributed by atoms with van der Waals surface area (Å²) < 4.78 is 37.9. The Kier molecular flexibility index (Phi) is 2.77. The first-order valence-electron chi connectivity index (χ1n) is 4.69. The van der Waals surface area contributed by atoms with Gasteiger partial charge in [0.25, 0.3) is 0 Å². The highest BCUT2D eigenvalue weighted by atomic mass is 19.4. The van der Waals surface area contributed by atoms with E-state index < -0.39 is 17.8 Å². The van der Waals surface area contributed by atoms with Crippen molar-refractivity contribution >= 4 is 5.97 Å². The van der Waals surface area contributed by atoms with Gasteiger partial charge in [0, 0.05) is 6.20 Å². The van der Waals surface area contributed by atoms with Gasteiger partial charge in [0.2, 0.25) is 0 Å². The van der Waals surface area contributed by atoms with Crippen LogP contribution in [0.3, 0.4) is 0 Å². The van der Waals surface area contributed by atoms with Crippen LogP contribution >= 0.6 is 0 Å². The molecule has 0 unspecified atom stereocenters. The molecule has 5 nitrogen and oxygen atoms in total. The number of hydrogen-bond acceptors (Lipinski definition) is 3. The molecule has 8 heteroatoms. The Morgan fingerprint density at radius 3 is 2.44 bits per heavy atom. The number of hydrogen-bond donors (Lipinski definition) is 1. The molecule has 94 valence electrons. The van der Waals surface area contributed by atoms with Gasteiger partial charge in [0.15, 0.2) is 0 Å². The molecule has 0 saturated heterocycles. The zero-order valence-electron chi connectivity index (χ0n) is 8.72. The minimum Gasteiger partial charge on any atom is -0.478 e. The lowest BCUT2D eigenvalue weighted by Crippen LogP contribution is -2.08. The number of halogens is 3. The van der Waals surface area contributed by atoms with Gasteiger partial charge >= 0.3 is 12.1 Å². The van der Waals surface area contributed by atoms with E-state index in [1.807, 2.05) is 0 Å². The lowest BCUT2D eigenvalue weighted by Gasteiger charge is -2.06. The molecule has 1 N–H and O–H groups in total. The smallest absolute Gasteiger partial charge is 0.433 e. The zero-order valence-corrected chi connectivity index (χ0v) is 8.72. The zero-order chi connectivity index (χ0) is 13.3. The Hall–Kier alpha value is -2.38. The monoisotopic (exact) mass is 257 g/mol. The van der Waals surface area contributed by atoms with Gasteiger partial charge in [-0.25, -0.2) is 14.5 Å². The molecule has 2 heterocycles. The maximum Gasteiger partial charge on any atom is 0.433 e. The first-order chi connectivity index (χ1) is 8.38. The lowest BCUT2D eigenvalue weighted by molar-refractivity contribution is -0.141. The summed E-state index contributed by atoms with van der Waals surface area (Å²) in [5, 5.41) is 12.4. The average molecular weight is 257 g/mol. The topological polar surface area (TPSA) is 68.0 Å². The fraction of sp³-hybridized carbons (Fsp3) is 0.100. The highest BCUT2D eigenvalue weighted by molar-refractivity contribution is 5.86. The Balaban J connectivity index is 2.31. The molecular weight excluding hydrogens is 251 g/mol. The molecule has 0 spiro atoms. The molecule has 0 aliphatic heterocycles. The SMILES string of the molecule is O=C(O)c1cnn(-c2ccc(C(F)(F)F)nc2)c1. The number of carboxylic acids is 1. The van der Waals surface area contributed by atoms with Crippen molar-refractivity contribution in [3.8, 4) is 5.69 Å². The van der Waals surface area contributed by atoms with Crippen molar-refractivity contribution in [2.75, 3.05) is 0 Å². The van der Waals surface area contributed by atoms with Crippen LogP contribution in [0.2, 0.25) is 0 Å². The van der Waals surface area contributed by atoms with Gasteiger partial charge in [0.1, 0.15) is 5.69 Å². The van der Waals surface area contributed by atoms with Gasteiger partial charge in [-0.05, 0) is 12.1 Å². The number of pyridine rings is 1. The largest absolute Gasteiger partial charge is 0.478 e. The van der Waals surface area contributed by atoms with Crippen LogP contribution in [0.1, 0.15) is 16.1 Å². The maximum absolute atomic E-state index is 12.3. The lowest BCUT2D eigenvalue weighted by atomic mass is 10.3. The molecule has 0 radical (unpaired) electrons. The molecule has 2 aromatic heterocycles. The predicted molar refractivity (Wildman–Crippen MR) is 53.3 cm³/mol.